The van der Waals surface area contributed by atoms with Crippen LogP contribution in [0.1, 0.15) is 46.4 Å². The minimum atomic E-state index is -4.92. The predicted molar refractivity (Wildman–Crippen MR) is 104 cm³/mol. The van der Waals surface area contributed by atoms with E-state index in [1.54, 1.807) is 30.3 Å². The molecule has 0 fully saturated rings. The summed E-state index contributed by atoms with van der Waals surface area (Å²) in [5.74, 6) is -4.23. The molecule has 5 nitrogen and oxygen atoms in total. The normalized spacial score (nSPS) is 17.2. The summed E-state index contributed by atoms with van der Waals surface area (Å²) in [6, 6.07) is 9.48. The first-order chi connectivity index (χ1) is 14.5. The van der Waals surface area contributed by atoms with Crippen LogP contribution in [-0.4, -0.2) is 29.9 Å². The van der Waals surface area contributed by atoms with Crippen LogP contribution in [0, 0.1) is 18.3 Å². The molecule has 1 amide bonds. The number of benzene rings is 1. The summed E-state index contributed by atoms with van der Waals surface area (Å²) >= 11 is 0. The van der Waals surface area contributed by atoms with Crippen LogP contribution in [0.4, 0.5) is 33.5 Å². The largest absolute Gasteiger partial charge is 0.434 e. The lowest BCUT2D eigenvalue weighted by Gasteiger charge is -2.26. The van der Waals surface area contributed by atoms with E-state index in [4.69, 9.17) is 0 Å². The maximum absolute atomic E-state index is 14.3. The van der Waals surface area contributed by atoms with Crippen molar-refractivity contribution in [2.45, 2.75) is 38.3 Å². The molecule has 0 saturated heterocycles. The molecule has 0 spiro atoms. The first-order valence-electron chi connectivity index (χ1n) is 9.55. The van der Waals surface area contributed by atoms with Gasteiger partial charge in [-0.1, -0.05) is 18.2 Å². The van der Waals surface area contributed by atoms with Crippen LogP contribution < -0.4 is 10.2 Å². The summed E-state index contributed by atoms with van der Waals surface area (Å²) in [6.45, 7) is 0.778. The van der Waals surface area contributed by atoms with Gasteiger partial charge in [-0.15, -0.1) is 0 Å². The lowest BCUT2D eigenvalue weighted by atomic mass is 10.00. The molecule has 1 aromatic carbocycles. The fourth-order valence-electron chi connectivity index (χ4n) is 3.48. The molecule has 0 unspecified atom stereocenters. The predicted octanol–water partition coefficient (Wildman–Crippen LogP) is 5.16. The Morgan fingerprint density at radius 1 is 1.19 bits per heavy atom. The summed E-state index contributed by atoms with van der Waals surface area (Å²) in [5.41, 5.74) is -2.32. The Labute approximate surface area is 175 Å². The van der Waals surface area contributed by atoms with Crippen molar-refractivity contribution in [1.29, 1.82) is 5.26 Å². The van der Waals surface area contributed by atoms with Crippen molar-refractivity contribution in [1.82, 2.24) is 4.98 Å². The summed E-state index contributed by atoms with van der Waals surface area (Å²) in [4.78, 5) is 18.1. The zero-order chi connectivity index (χ0) is 22.8. The number of hydrogen-bond donors (Lipinski definition) is 1. The molecule has 1 aliphatic heterocycles. The highest BCUT2D eigenvalue weighted by Crippen LogP contribution is 2.36. The van der Waals surface area contributed by atoms with E-state index in [-0.39, 0.29) is 36.5 Å². The van der Waals surface area contributed by atoms with Gasteiger partial charge in [0.25, 0.3) is 5.91 Å². The van der Waals surface area contributed by atoms with Crippen LogP contribution in [0.5, 0.6) is 0 Å². The highest BCUT2D eigenvalue weighted by molar-refractivity contribution is 6.10. The first-order valence-corrected chi connectivity index (χ1v) is 9.55. The van der Waals surface area contributed by atoms with Crippen molar-refractivity contribution >= 4 is 17.4 Å². The number of nitrogens with zero attached hydrogens (tertiary/aromatic N) is 3. The van der Waals surface area contributed by atoms with Crippen molar-refractivity contribution in [3.05, 3.63) is 52.7 Å². The number of hydrogen-bond acceptors (Lipinski definition) is 4. The average Bonchev–Trinajstić information content (AvgIpc) is 2.72. The van der Waals surface area contributed by atoms with Crippen molar-refractivity contribution in [2.24, 2.45) is 0 Å². The minimum absolute atomic E-state index is 0.0337. The number of nitriles is 1. The number of carbonyl (C=O) groups excluding carboxylic acids is 1. The highest BCUT2D eigenvalue weighted by atomic mass is 19.4. The molecule has 1 aromatic heterocycles. The summed E-state index contributed by atoms with van der Waals surface area (Å²) in [6.07, 6.45) is -6.06. The second-order valence-corrected chi connectivity index (χ2v) is 7.22. The van der Waals surface area contributed by atoms with Crippen LogP contribution in [0.3, 0.4) is 0 Å². The quantitative estimate of drug-likeness (QED) is 0.625. The molecule has 0 bridgehead atoms. The molecule has 0 radical (unpaired) electrons. The van der Waals surface area contributed by atoms with Crippen molar-refractivity contribution < 1.29 is 26.7 Å². The molecule has 1 aliphatic rings. The standard InChI is InChI=1S/C21H19F5N4O/c1-13-15(12-27)17(21(24,25)26)29-18-16(13)19(31)30(14-6-3-2-4-7-14)11-9-20(22,23)8-5-10-28-18/h2-4,6-7H,5,8-11H2,1H3,(H,28,29). The molecule has 0 aliphatic carbocycles. The zero-order valence-electron chi connectivity index (χ0n) is 16.6. The number of anilines is 2. The van der Waals surface area contributed by atoms with E-state index >= 15 is 0 Å². The van der Waals surface area contributed by atoms with Gasteiger partial charge < -0.3 is 10.2 Å². The lowest BCUT2D eigenvalue weighted by molar-refractivity contribution is -0.141. The van der Waals surface area contributed by atoms with Crippen LogP contribution >= 0.6 is 0 Å². The maximum Gasteiger partial charge on any atom is 0.434 e. The van der Waals surface area contributed by atoms with Gasteiger partial charge >= 0.3 is 6.18 Å². The van der Waals surface area contributed by atoms with Crippen LogP contribution in [0.25, 0.3) is 0 Å². The topological polar surface area (TPSA) is 69.0 Å². The Morgan fingerprint density at radius 3 is 2.48 bits per heavy atom. The monoisotopic (exact) mass is 438 g/mol. The molecule has 31 heavy (non-hydrogen) atoms. The Morgan fingerprint density at radius 2 is 1.87 bits per heavy atom. The zero-order valence-corrected chi connectivity index (χ0v) is 16.6. The molecule has 2 aromatic rings. The number of pyridine rings is 1. The molecule has 0 atom stereocenters. The number of nitrogens with one attached hydrogen (secondary N) is 1. The van der Waals surface area contributed by atoms with Crippen LogP contribution in [-0.2, 0) is 6.18 Å². The summed E-state index contributed by atoms with van der Waals surface area (Å²) < 4.78 is 69.0. The molecule has 0 saturated carbocycles. The number of aromatic nitrogens is 1. The third-order valence-electron chi connectivity index (χ3n) is 5.07. The van der Waals surface area contributed by atoms with Gasteiger partial charge in [-0.05, 0) is 31.0 Å². The smallest absolute Gasteiger partial charge is 0.369 e. The number of amides is 1. The maximum atomic E-state index is 14.3. The molecule has 10 heteroatoms. The van der Waals surface area contributed by atoms with Gasteiger partial charge in [0, 0.05) is 31.6 Å². The van der Waals surface area contributed by atoms with E-state index < -0.39 is 42.1 Å². The molecule has 2 heterocycles. The fourth-order valence-corrected chi connectivity index (χ4v) is 3.48. The van der Waals surface area contributed by atoms with E-state index in [0.717, 1.165) is 4.90 Å². The van der Waals surface area contributed by atoms with Gasteiger partial charge in [0.2, 0.25) is 5.92 Å². The Kier molecular flexibility index (Phi) is 6.15. The van der Waals surface area contributed by atoms with E-state index in [1.165, 1.54) is 13.0 Å². The second kappa shape index (κ2) is 8.49. The van der Waals surface area contributed by atoms with Gasteiger partial charge in [0.05, 0.1) is 11.1 Å². The lowest BCUT2D eigenvalue weighted by Crippen LogP contribution is -2.36. The SMILES string of the molecule is Cc1c(C#N)c(C(F)(F)F)nc2c1C(=O)N(c1ccccc1)CCC(F)(F)CCCN2. The molecular weight excluding hydrogens is 419 g/mol. The Hall–Kier alpha value is -3.22. The molecular formula is C21H19F5N4O. The van der Waals surface area contributed by atoms with Crippen LogP contribution in [0.15, 0.2) is 30.3 Å². The Balaban J connectivity index is 2.22. The number of halogens is 5. The number of alkyl halides is 5. The van der Waals surface area contributed by atoms with Crippen LogP contribution in [0.2, 0.25) is 0 Å². The highest BCUT2D eigenvalue weighted by Gasteiger charge is 2.40. The van der Waals surface area contributed by atoms with E-state index in [0.29, 0.717) is 5.69 Å². The molecule has 3 rings (SSSR count). The van der Waals surface area contributed by atoms with Gasteiger partial charge in [-0.2, -0.15) is 18.4 Å². The molecule has 1 N–H and O–H groups in total. The summed E-state index contributed by atoms with van der Waals surface area (Å²) in [7, 11) is 0. The van der Waals surface area contributed by atoms with E-state index in [1.807, 2.05) is 0 Å². The molecule has 164 valence electrons. The minimum Gasteiger partial charge on any atom is -0.369 e. The number of fused-ring (bicyclic) bond motifs is 1. The van der Waals surface area contributed by atoms with Crippen molar-refractivity contribution in [2.75, 3.05) is 23.3 Å². The summed E-state index contributed by atoms with van der Waals surface area (Å²) in [5, 5.41) is 11.9. The van der Waals surface area contributed by atoms with Gasteiger partial charge in [-0.25, -0.2) is 13.8 Å². The average molecular weight is 438 g/mol. The van der Waals surface area contributed by atoms with Gasteiger partial charge in [0.1, 0.15) is 11.9 Å². The van der Waals surface area contributed by atoms with E-state index in [2.05, 4.69) is 10.3 Å². The first kappa shape index (κ1) is 22.5. The number of rotatable bonds is 1. The number of para-hydroxylation sites is 1. The Bertz CT molecular complexity index is 1020. The third kappa shape index (κ3) is 4.76. The fraction of sp³-hybridized carbons (Fsp3) is 0.381. The van der Waals surface area contributed by atoms with Gasteiger partial charge in [-0.3, -0.25) is 4.79 Å². The van der Waals surface area contributed by atoms with Crippen molar-refractivity contribution in [3.8, 4) is 6.07 Å². The second-order valence-electron chi connectivity index (χ2n) is 7.22. The van der Waals surface area contributed by atoms with Gasteiger partial charge in [0.15, 0.2) is 5.69 Å². The van der Waals surface area contributed by atoms with E-state index in [9.17, 15) is 32.0 Å². The van der Waals surface area contributed by atoms with Crippen molar-refractivity contribution in [3.63, 3.8) is 0 Å². The third-order valence-corrected chi connectivity index (χ3v) is 5.07. The number of carbonyl (C=O) groups is 1.